The Morgan fingerprint density at radius 2 is 2.27 bits per heavy atom. The molecule has 0 aliphatic rings. The highest BCUT2D eigenvalue weighted by atomic mass is 16.5. The van der Waals surface area contributed by atoms with Gasteiger partial charge in [0.15, 0.2) is 5.78 Å². The molecule has 0 aliphatic carbocycles. The number of methoxy groups -OCH3 is 1. The van der Waals surface area contributed by atoms with Gasteiger partial charge in [0.25, 0.3) is 0 Å². The van der Waals surface area contributed by atoms with Crippen LogP contribution in [0, 0.1) is 5.92 Å². The Kier molecular flexibility index (Phi) is 6.07. The fourth-order valence-corrected chi connectivity index (χ4v) is 0.936. The SMILES string of the molecule is CCC(CN)CC(=O)COC. The Hall–Kier alpha value is -0.410. The van der Waals surface area contributed by atoms with E-state index in [1.807, 2.05) is 6.92 Å². The minimum atomic E-state index is 0.143. The molecule has 1 atom stereocenters. The molecule has 0 spiro atoms. The highest BCUT2D eigenvalue weighted by Gasteiger charge is 2.09. The molecule has 2 N–H and O–H groups in total. The van der Waals surface area contributed by atoms with Gasteiger partial charge in [0.2, 0.25) is 0 Å². The summed E-state index contributed by atoms with van der Waals surface area (Å²) in [7, 11) is 1.53. The monoisotopic (exact) mass is 159 g/mol. The second-order valence-corrected chi connectivity index (χ2v) is 2.69. The van der Waals surface area contributed by atoms with Gasteiger partial charge in [-0.15, -0.1) is 0 Å². The van der Waals surface area contributed by atoms with E-state index < -0.39 is 0 Å². The molecule has 0 saturated carbocycles. The predicted octanol–water partition coefficient (Wildman–Crippen LogP) is 0.577. The molecule has 0 saturated heterocycles. The Bertz CT molecular complexity index is 111. The number of ether oxygens (including phenoxy) is 1. The number of ketones is 1. The van der Waals surface area contributed by atoms with Crippen LogP contribution < -0.4 is 5.73 Å². The third kappa shape index (κ3) is 4.93. The summed E-state index contributed by atoms with van der Waals surface area (Å²) in [6.07, 6.45) is 1.52. The third-order valence-corrected chi connectivity index (χ3v) is 1.73. The Balaban J connectivity index is 3.54. The van der Waals surface area contributed by atoms with Crippen molar-refractivity contribution in [1.29, 1.82) is 0 Å². The van der Waals surface area contributed by atoms with Gasteiger partial charge in [0.05, 0.1) is 0 Å². The smallest absolute Gasteiger partial charge is 0.158 e. The van der Waals surface area contributed by atoms with Crippen molar-refractivity contribution in [3.05, 3.63) is 0 Å². The van der Waals surface area contributed by atoms with Crippen LogP contribution in [0.1, 0.15) is 19.8 Å². The van der Waals surface area contributed by atoms with Gasteiger partial charge >= 0.3 is 0 Å². The lowest BCUT2D eigenvalue weighted by Crippen LogP contribution is -2.19. The quantitative estimate of drug-likeness (QED) is 0.616. The summed E-state index contributed by atoms with van der Waals surface area (Å²) in [6.45, 7) is 2.85. The Labute approximate surface area is 67.9 Å². The van der Waals surface area contributed by atoms with E-state index in [4.69, 9.17) is 10.5 Å². The van der Waals surface area contributed by atoms with Crippen molar-refractivity contribution in [3.8, 4) is 0 Å². The molecule has 0 rings (SSSR count). The molecule has 66 valence electrons. The zero-order chi connectivity index (χ0) is 8.69. The van der Waals surface area contributed by atoms with Gasteiger partial charge in [0.1, 0.15) is 6.61 Å². The first-order chi connectivity index (χ1) is 5.24. The summed E-state index contributed by atoms with van der Waals surface area (Å²) in [5.41, 5.74) is 5.43. The van der Waals surface area contributed by atoms with E-state index in [-0.39, 0.29) is 12.4 Å². The van der Waals surface area contributed by atoms with Gasteiger partial charge in [-0.05, 0) is 12.5 Å². The summed E-state index contributed by atoms with van der Waals surface area (Å²) in [5.74, 6) is 0.474. The summed E-state index contributed by atoms with van der Waals surface area (Å²) < 4.78 is 4.70. The molecule has 0 bridgehead atoms. The highest BCUT2D eigenvalue weighted by Crippen LogP contribution is 2.05. The van der Waals surface area contributed by atoms with Gasteiger partial charge in [-0.1, -0.05) is 13.3 Å². The average molecular weight is 159 g/mol. The van der Waals surface area contributed by atoms with Crippen molar-refractivity contribution in [3.63, 3.8) is 0 Å². The molecule has 0 aliphatic heterocycles. The molecule has 0 heterocycles. The maximum absolute atomic E-state index is 11.0. The molecular weight excluding hydrogens is 142 g/mol. The molecule has 3 nitrogen and oxygen atoms in total. The zero-order valence-corrected chi connectivity index (χ0v) is 7.30. The molecule has 0 fully saturated rings. The lowest BCUT2D eigenvalue weighted by molar-refractivity contribution is -0.123. The second kappa shape index (κ2) is 6.31. The van der Waals surface area contributed by atoms with Gasteiger partial charge in [-0.25, -0.2) is 0 Å². The maximum atomic E-state index is 11.0. The van der Waals surface area contributed by atoms with Crippen molar-refractivity contribution in [1.82, 2.24) is 0 Å². The lowest BCUT2D eigenvalue weighted by Gasteiger charge is -2.09. The molecule has 0 aromatic heterocycles. The fourth-order valence-electron chi connectivity index (χ4n) is 0.936. The first-order valence-electron chi connectivity index (χ1n) is 3.95. The molecule has 0 radical (unpaired) electrons. The summed E-state index contributed by atoms with van der Waals surface area (Å²) in [5, 5.41) is 0. The van der Waals surface area contributed by atoms with E-state index in [1.165, 1.54) is 7.11 Å². The van der Waals surface area contributed by atoms with Crippen LogP contribution in [0.15, 0.2) is 0 Å². The molecular formula is C8H17NO2. The average Bonchev–Trinajstić information content (AvgIpc) is 2.01. The van der Waals surface area contributed by atoms with Crippen molar-refractivity contribution >= 4 is 5.78 Å². The van der Waals surface area contributed by atoms with Gasteiger partial charge < -0.3 is 10.5 Å². The third-order valence-electron chi connectivity index (χ3n) is 1.73. The van der Waals surface area contributed by atoms with Crippen LogP contribution in [-0.2, 0) is 9.53 Å². The first kappa shape index (κ1) is 10.6. The number of rotatable bonds is 6. The number of carbonyl (C=O) groups is 1. The van der Waals surface area contributed by atoms with E-state index in [1.54, 1.807) is 0 Å². The van der Waals surface area contributed by atoms with Gasteiger partial charge in [-0.2, -0.15) is 0 Å². The Morgan fingerprint density at radius 1 is 1.64 bits per heavy atom. The van der Waals surface area contributed by atoms with Crippen LogP contribution >= 0.6 is 0 Å². The zero-order valence-electron chi connectivity index (χ0n) is 7.30. The van der Waals surface area contributed by atoms with Gasteiger partial charge in [0, 0.05) is 13.5 Å². The number of nitrogens with two attached hydrogens (primary N) is 1. The summed E-state index contributed by atoms with van der Waals surface area (Å²) in [4.78, 5) is 11.0. The van der Waals surface area contributed by atoms with Crippen molar-refractivity contribution in [2.45, 2.75) is 19.8 Å². The molecule has 3 heteroatoms. The van der Waals surface area contributed by atoms with E-state index in [0.29, 0.717) is 18.9 Å². The fraction of sp³-hybridized carbons (Fsp3) is 0.875. The predicted molar refractivity (Wildman–Crippen MR) is 44.3 cm³/mol. The first-order valence-corrected chi connectivity index (χ1v) is 3.95. The van der Waals surface area contributed by atoms with E-state index in [2.05, 4.69) is 0 Å². The Morgan fingerprint density at radius 3 is 2.64 bits per heavy atom. The van der Waals surface area contributed by atoms with Crippen molar-refractivity contribution in [2.24, 2.45) is 11.7 Å². The minimum absolute atomic E-state index is 0.143. The van der Waals surface area contributed by atoms with Crippen LogP contribution in [0.5, 0.6) is 0 Å². The van der Waals surface area contributed by atoms with E-state index in [9.17, 15) is 4.79 Å². The number of carbonyl (C=O) groups excluding carboxylic acids is 1. The van der Waals surface area contributed by atoms with Gasteiger partial charge in [-0.3, -0.25) is 4.79 Å². The second-order valence-electron chi connectivity index (χ2n) is 2.69. The van der Waals surface area contributed by atoms with Crippen LogP contribution in [-0.4, -0.2) is 26.0 Å². The summed E-state index contributed by atoms with van der Waals surface area (Å²) in [6, 6.07) is 0. The molecule has 0 amide bonds. The largest absolute Gasteiger partial charge is 0.377 e. The minimum Gasteiger partial charge on any atom is -0.377 e. The highest BCUT2D eigenvalue weighted by molar-refractivity contribution is 5.79. The maximum Gasteiger partial charge on any atom is 0.158 e. The summed E-state index contributed by atoms with van der Waals surface area (Å²) >= 11 is 0. The topological polar surface area (TPSA) is 52.3 Å². The van der Waals surface area contributed by atoms with Crippen molar-refractivity contribution < 1.29 is 9.53 Å². The standard InChI is InChI=1S/C8H17NO2/c1-3-7(5-9)4-8(10)6-11-2/h7H,3-6,9H2,1-2H3. The van der Waals surface area contributed by atoms with Crippen LogP contribution in [0.2, 0.25) is 0 Å². The van der Waals surface area contributed by atoms with E-state index >= 15 is 0 Å². The van der Waals surface area contributed by atoms with E-state index in [0.717, 1.165) is 6.42 Å². The van der Waals surface area contributed by atoms with Crippen LogP contribution in [0.3, 0.4) is 0 Å². The number of hydrogen-bond acceptors (Lipinski definition) is 3. The van der Waals surface area contributed by atoms with Crippen LogP contribution in [0.25, 0.3) is 0 Å². The number of hydrogen-bond donors (Lipinski definition) is 1. The molecule has 11 heavy (non-hydrogen) atoms. The molecule has 0 aromatic carbocycles. The number of Topliss-reactive ketones (excluding diaryl/α,β-unsaturated/α-hetero) is 1. The van der Waals surface area contributed by atoms with Crippen LogP contribution in [0.4, 0.5) is 0 Å². The van der Waals surface area contributed by atoms with Crippen molar-refractivity contribution in [2.75, 3.05) is 20.3 Å². The lowest BCUT2D eigenvalue weighted by atomic mass is 10.0. The molecule has 1 unspecified atom stereocenters. The molecule has 0 aromatic rings. The normalized spacial score (nSPS) is 13.0.